The Labute approximate surface area is 169 Å². The topological polar surface area (TPSA) is 67.4 Å². The van der Waals surface area contributed by atoms with Crippen molar-refractivity contribution in [3.63, 3.8) is 0 Å². The zero-order chi connectivity index (χ0) is 20.4. The number of guanidine groups is 1. The Kier molecular flexibility index (Phi) is 9.37. The summed E-state index contributed by atoms with van der Waals surface area (Å²) in [5, 5.41) is 6.69. The second kappa shape index (κ2) is 11.8. The van der Waals surface area contributed by atoms with Crippen LogP contribution in [0.15, 0.2) is 29.3 Å². The number of para-hydroxylation sites is 2. The number of hydrogen-bond donors (Lipinski definition) is 2. The van der Waals surface area contributed by atoms with Crippen LogP contribution in [0.25, 0.3) is 0 Å². The van der Waals surface area contributed by atoms with E-state index in [0.717, 1.165) is 50.1 Å². The molecule has 1 aliphatic heterocycles. The van der Waals surface area contributed by atoms with Crippen molar-refractivity contribution in [1.82, 2.24) is 15.5 Å². The van der Waals surface area contributed by atoms with Gasteiger partial charge in [0.05, 0.1) is 25.9 Å². The van der Waals surface area contributed by atoms with Crippen LogP contribution in [0, 0.1) is 0 Å². The van der Waals surface area contributed by atoms with Gasteiger partial charge in [0.25, 0.3) is 0 Å². The molecular formula is C21H36N4O3. The molecule has 1 fully saturated rings. The minimum absolute atomic E-state index is 0.0221. The Morgan fingerprint density at radius 1 is 1.21 bits per heavy atom. The molecule has 2 N–H and O–H groups in total. The highest BCUT2D eigenvalue weighted by Gasteiger charge is 2.21. The maximum atomic E-state index is 5.97. The van der Waals surface area contributed by atoms with Crippen molar-refractivity contribution in [2.24, 2.45) is 4.99 Å². The first-order chi connectivity index (χ1) is 13.5. The van der Waals surface area contributed by atoms with Crippen molar-refractivity contribution in [3.05, 3.63) is 24.3 Å². The summed E-state index contributed by atoms with van der Waals surface area (Å²) in [4.78, 5) is 6.76. The van der Waals surface area contributed by atoms with Gasteiger partial charge in [-0.3, -0.25) is 9.89 Å². The van der Waals surface area contributed by atoms with Gasteiger partial charge in [-0.25, -0.2) is 0 Å². The minimum atomic E-state index is -0.0221. The molecule has 0 bridgehead atoms. The SMILES string of the molecule is CN=C(NCCCN1CC(C)OC(C)C1)NCC(C)Oc1ccccc1OC. The fraction of sp³-hybridized carbons (Fsp3) is 0.667. The molecule has 0 radical (unpaired) electrons. The normalized spacial score (nSPS) is 21.8. The Morgan fingerprint density at radius 3 is 2.54 bits per heavy atom. The lowest BCUT2D eigenvalue weighted by atomic mass is 10.2. The number of nitrogens with one attached hydrogen (secondary N) is 2. The van der Waals surface area contributed by atoms with Gasteiger partial charge in [-0.2, -0.15) is 0 Å². The van der Waals surface area contributed by atoms with Crippen LogP contribution in [0.1, 0.15) is 27.2 Å². The van der Waals surface area contributed by atoms with Gasteiger partial charge in [0, 0.05) is 33.2 Å². The van der Waals surface area contributed by atoms with Crippen LogP contribution in [-0.4, -0.2) is 76.1 Å². The highest BCUT2D eigenvalue weighted by Crippen LogP contribution is 2.26. The highest BCUT2D eigenvalue weighted by atomic mass is 16.5. The first-order valence-electron chi connectivity index (χ1n) is 10.1. The molecule has 2 rings (SSSR count). The fourth-order valence-corrected chi connectivity index (χ4v) is 3.41. The van der Waals surface area contributed by atoms with Crippen LogP contribution in [-0.2, 0) is 4.74 Å². The molecule has 1 saturated heterocycles. The van der Waals surface area contributed by atoms with E-state index in [-0.39, 0.29) is 6.10 Å². The van der Waals surface area contributed by atoms with E-state index in [1.54, 1.807) is 14.2 Å². The van der Waals surface area contributed by atoms with Gasteiger partial charge in [-0.05, 0) is 39.3 Å². The summed E-state index contributed by atoms with van der Waals surface area (Å²) in [6.07, 6.45) is 1.67. The van der Waals surface area contributed by atoms with Crippen molar-refractivity contribution >= 4 is 5.96 Å². The maximum Gasteiger partial charge on any atom is 0.191 e. The molecule has 0 aliphatic carbocycles. The van der Waals surface area contributed by atoms with E-state index in [9.17, 15) is 0 Å². The average Bonchev–Trinajstić information content (AvgIpc) is 2.67. The molecule has 0 saturated carbocycles. The third kappa shape index (κ3) is 7.56. The van der Waals surface area contributed by atoms with Crippen molar-refractivity contribution in [2.75, 3.05) is 46.9 Å². The van der Waals surface area contributed by atoms with Gasteiger partial charge < -0.3 is 24.8 Å². The summed E-state index contributed by atoms with van der Waals surface area (Å²) >= 11 is 0. The van der Waals surface area contributed by atoms with Gasteiger partial charge in [-0.15, -0.1) is 0 Å². The summed E-state index contributed by atoms with van der Waals surface area (Å²) in [7, 11) is 3.43. The molecule has 1 aromatic rings. The van der Waals surface area contributed by atoms with Crippen molar-refractivity contribution in [1.29, 1.82) is 0 Å². The quantitative estimate of drug-likeness (QED) is 0.381. The first-order valence-corrected chi connectivity index (χ1v) is 10.1. The van der Waals surface area contributed by atoms with E-state index >= 15 is 0 Å². The molecule has 0 amide bonds. The molecular weight excluding hydrogens is 356 g/mol. The highest BCUT2D eigenvalue weighted by molar-refractivity contribution is 5.79. The van der Waals surface area contributed by atoms with Gasteiger partial charge in [-0.1, -0.05) is 12.1 Å². The third-order valence-corrected chi connectivity index (χ3v) is 4.62. The average molecular weight is 393 g/mol. The standard InChI is InChI=1S/C21H36N4O3/c1-16(28-20-10-7-6-9-19(20)26-5)13-24-21(22-4)23-11-8-12-25-14-17(2)27-18(3)15-25/h6-7,9-10,16-18H,8,11-15H2,1-5H3,(H2,22,23,24). The van der Waals surface area contributed by atoms with Crippen molar-refractivity contribution in [3.8, 4) is 11.5 Å². The van der Waals surface area contributed by atoms with Crippen molar-refractivity contribution < 1.29 is 14.2 Å². The largest absolute Gasteiger partial charge is 0.493 e. The first kappa shape index (κ1) is 22.3. The predicted molar refractivity (Wildman–Crippen MR) is 114 cm³/mol. The van der Waals surface area contributed by atoms with E-state index in [4.69, 9.17) is 14.2 Å². The van der Waals surface area contributed by atoms with E-state index in [1.807, 2.05) is 31.2 Å². The summed E-state index contributed by atoms with van der Waals surface area (Å²) in [5.41, 5.74) is 0. The number of methoxy groups -OCH3 is 1. The van der Waals surface area contributed by atoms with Crippen LogP contribution < -0.4 is 20.1 Å². The molecule has 158 valence electrons. The van der Waals surface area contributed by atoms with Crippen LogP contribution in [0.2, 0.25) is 0 Å². The molecule has 7 nitrogen and oxygen atoms in total. The van der Waals surface area contributed by atoms with E-state index in [0.29, 0.717) is 18.8 Å². The zero-order valence-corrected chi connectivity index (χ0v) is 17.9. The number of morpholine rings is 1. The number of benzene rings is 1. The number of ether oxygens (including phenoxy) is 3. The number of hydrogen-bond acceptors (Lipinski definition) is 5. The van der Waals surface area contributed by atoms with Crippen LogP contribution in [0.4, 0.5) is 0 Å². The second-order valence-electron chi connectivity index (χ2n) is 7.33. The van der Waals surface area contributed by atoms with Crippen LogP contribution >= 0.6 is 0 Å². The lowest BCUT2D eigenvalue weighted by Gasteiger charge is -2.35. The summed E-state index contributed by atoms with van der Waals surface area (Å²) in [6.45, 7) is 10.9. The van der Waals surface area contributed by atoms with Gasteiger partial charge in [0.1, 0.15) is 6.10 Å². The molecule has 1 heterocycles. The maximum absolute atomic E-state index is 5.97. The molecule has 1 aromatic carbocycles. The Morgan fingerprint density at radius 2 is 1.89 bits per heavy atom. The van der Waals surface area contributed by atoms with Crippen molar-refractivity contribution in [2.45, 2.75) is 45.5 Å². The van der Waals surface area contributed by atoms with Crippen LogP contribution in [0.5, 0.6) is 11.5 Å². The lowest BCUT2D eigenvalue weighted by Crippen LogP contribution is -2.46. The summed E-state index contributed by atoms with van der Waals surface area (Å²) in [6, 6.07) is 7.68. The second-order valence-corrected chi connectivity index (χ2v) is 7.33. The molecule has 28 heavy (non-hydrogen) atoms. The third-order valence-electron chi connectivity index (χ3n) is 4.62. The summed E-state index contributed by atoms with van der Waals surface area (Å²) < 4.78 is 17.1. The van der Waals surface area contributed by atoms with E-state index in [1.165, 1.54) is 0 Å². The Balaban J connectivity index is 1.65. The molecule has 0 spiro atoms. The number of aliphatic imine (C=N–C) groups is 1. The molecule has 3 unspecified atom stereocenters. The smallest absolute Gasteiger partial charge is 0.191 e. The zero-order valence-electron chi connectivity index (χ0n) is 17.9. The summed E-state index contributed by atoms with van der Waals surface area (Å²) in [5.74, 6) is 2.28. The fourth-order valence-electron chi connectivity index (χ4n) is 3.41. The monoisotopic (exact) mass is 392 g/mol. The van der Waals surface area contributed by atoms with Gasteiger partial charge in [0.2, 0.25) is 0 Å². The van der Waals surface area contributed by atoms with Crippen LogP contribution in [0.3, 0.4) is 0 Å². The number of rotatable bonds is 9. The van der Waals surface area contributed by atoms with E-state index < -0.39 is 0 Å². The number of nitrogens with zero attached hydrogens (tertiary/aromatic N) is 2. The Hall–Kier alpha value is -1.99. The molecule has 3 atom stereocenters. The van der Waals surface area contributed by atoms with Gasteiger partial charge in [0.15, 0.2) is 17.5 Å². The van der Waals surface area contributed by atoms with Gasteiger partial charge >= 0.3 is 0 Å². The minimum Gasteiger partial charge on any atom is -0.493 e. The molecule has 0 aromatic heterocycles. The molecule has 1 aliphatic rings. The Bertz CT molecular complexity index is 601. The molecule has 7 heteroatoms. The lowest BCUT2D eigenvalue weighted by molar-refractivity contribution is -0.0679. The predicted octanol–water partition coefficient (Wildman–Crippen LogP) is 2.13. The van der Waals surface area contributed by atoms with E-state index in [2.05, 4.69) is 34.4 Å².